The fourth-order valence-corrected chi connectivity index (χ4v) is 6.61. The zero-order chi connectivity index (χ0) is 25.3. The van der Waals surface area contributed by atoms with E-state index in [0.29, 0.717) is 34.2 Å². The third-order valence-electron chi connectivity index (χ3n) is 8.36. The van der Waals surface area contributed by atoms with E-state index in [-0.39, 0.29) is 17.2 Å². The molecule has 4 aromatic rings. The Hall–Kier alpha value is -3.24. The van der Waals surface area contributed by atoms with E-state index < -0.39 is 0 Å². The van der Waals surface area contributed by atoms with E-state index in [4.69, 9.17) is 9.47 Å². The molecule has 7 heterocycles. The predicted octanol–water partition coefficient (Wildman–Crippen LogP) is 3.84. The summed E-state index contributed by atoms with van der Waals surface area (Å²) in [5, 5.41) is 4.90. The minimum atomic E-state index is -0.243. The van der Waals surface area contributed by atoms with Crippen LogP contribution in [0.2, 0.25) is 0 Å². The molecular weight excluding hydrogens is 473 g/mol. The quantitative estimate of drug-likeness (QED) is 0.441. The highest BCUT2D eigenvalue weighted by molar-refractivity contribution is 5.93. The van der Waals surface area contributed by atoms with Gasteiger partial charge >= 0.3 is 0 Å². The highest BCUT2D eigenvalue weighted by atomic mass is 19.1. The topological polar surface area (TPSA) is 83.8 Å². The molecule has 0 atom stereocenters. The van der Waals surface area contributed by atoms with Crippen LogP contribution < -0.4 is 9.64 Å². The molecule has 194 valence electrons. The van der Waals surface area contributed by atoms with Crippen molar-refractivity contribution in [3.05, 3.63) is 36.2 Å². The maximum Gasteiger partial charge on any atom is 0.197 e. The lowest BCUT2D eigenvalue weighted by Crippen LogP contribution is -2.74. The van der Waals surface area contributed by atoms with E-state index in [1.807, 2.05) is 12.3 Å². The van der Waals surface area contributed by atoms with Crippen molar-refractivity contribution in [1.29, 1.82) is 0 Å². The summed E-state index contributed by atoms with van der Waals surface area (Å²) in [6.45, 7) is 9.82. The van der Waals surface area contributed by atoms with Crippen molar-refractivity contribution in [3.63, 3.8) is 0 Å². The van der Waals surface area contributed by atoms with Crippen LogP contribution in [0.3, 0.4) is 0 Å². The van der Waals surface area contributed by atoms with Crippen molar-refractivity contribution in [3.8, 4) is 17.0 Å². The fourth-order valence-electron chi connectivity index (χ4n) is 6.61. The molecule has 7 rings (SSSR count). The number of H-pyrrole nitrogens is 1. The van der Waals surface area contributed by atoms with Crippen LogP contribution >= 0.6 is 0 Å². The lowest BCUT2D eigenvalue weighted by molar-refractivity contribution is -0.0775. The molecule has 3 saturated heterocycles. The summed E-state index contributed by atoms with van der Waals surface area (Å²) in [6.07, 6.45) is 7.41. The summed E-state index contributed by atoms with van der Waals surface area (Å²) in [6, 6.07) is 2.56. The Balaban J connectivity index is 1.20. The average molecular weight is 506 g/mol. The molecule has 0 radical (unpaired) electrons. The maximum absolute atomic E-state index is 16.2. The average Bonchev–Trinajstić information content (AvgIpc) is 3.48. The van der Waals surface area contributed by atoms with Crippen LogP contribution in [0, 0.1) is 11.2 Å². The molecule has 1 spiro atoms. The SMILES string of the molecule is COc1cc(-c2[nH]c3cnc(N4CC5(C4)CN(C4CCOCC4)C5)c(F)c3c2C(C)C)cn2ncnc12. The number of hydrogen-bond acceptors (Lipinski definition) is 7. The molecule has 0 bridgehead atoms. The highest BCUT2D eigenvalue weighted by Gasteiger charge is 2.54. The molecule has 0 aromatic carbocycles. The summed E-state index contributed by atoms with van der Waals surface area (Å²) >= 11 is 0. The van der Waals surface area contributed by atoms with Crippen LogP contribution in [0.1, 0.15) is 38.2 Å². The number of anilines is 1. The summed E-state index contributed by atoms with van der Waals surface area (Å²) in [7, 11) is 1.61. The van der Waals surface area contributed by atoms with Crippen molar-refractivity contribution in [1.82, 2.24) is 29.5 Å². The van der Waals surface area contributed by atoms with Gasteiger partial charge in [0, 0.05) is 68.0 Å². The number of hydrogen-bond donors (Lipinski definition) is 1. The van der Waals surface area contributed by atoms with Crippen molar-refractivity contribution in [2.75, 3.05) is 51.4 Å². The molecule has 10 heteroatoms. The molecule has 0 saturated carbocycles. The number of aromatic nitrogens is 5. The Morgan fingerprint density at radius 3 is 2.68 bits per heavy atom. The van der Waals surface area contributed by atoms with Crippen LogP contribution in [0.25, 0.3) is 27.8 Å². The van der Waals surface area contributed by atoms with Crippen LogP contribution in [0.15, 0.2) is 24.8 Å². The predicted molar refractivity (Wildman–Crippen MR) is 139 cm³/mol. The van der Waals surface area contributed by atoms with E-state index >= 15 is 4.39 Å². The van der Waals surface area contributed by atoms with Gasteiger partial charge in [0.1, 0.15) is 6.33 Å². The Bertz CT molecular complexity index is 1480. The van der Waals surface area contributed by atoms with Gasteiger partial charge in [0.15, 0.2) is 23.0 Å². The van der Waals surface area contributed by atoms with E-state index in [0.717, 1.165) is 69.1 Å². The van der Waals surface area contributed by atoms with Gasteiger partial charge in [0.2, 0.25) is 0 Å². The first-order valence-electron chi connectivity index (χ1n) is 13.1. The Kier molecular flexibility index (Phi) is 5.20. The van der Waals surface area contributed by atoms with Gasteiger partial charge in [-0.05, 0) is 30.4 Å². The first-order chi connectivity index (χ1) is 18.0. The summed E-state index contributed by atoms with van der Waals surface area (Å²) in [5.41, 5.74) is 4.26. The largest absolute Gasteiger partial charge is 0.493 e. The van der Waals surface area contributed by atoms with Crippen LogP contribution in [-0.4, -0.2) is 82.0 Å². The molecule has 0 unspecified atom stereocenters. The molecule has 9 nitrogen and oxygen atoms in total. The third kappa shape index (κ3) is 3.53. The number of ether oxygens (including phenoxy) is 2. The molecular formula is C27H32FN7O2. The smallest absolute Gasteiger partial charge is 0.197 e. The third-order valence-corrected chi connectivity index (χ3v) is 8.36. The lowest BCUT2D eigenvalue weighted by Gasteiger charge is -2.62. The van der Waals surface area contributed by atoms with Gasteiger partial charge < -0.3 is 19.4 Å². The number of pyridine rings is 2. The number of rotatable bonds is 5. The minimum Gasteiger partial charge on any atom is -0.493 e. The van der Waals surface area contributed by atoms with E-state index in [1.165, 1.54) is 6.33 Å². The molecule has 37 heavy (non-hydrogen) atoms. The molecule has 3 aliphatic heterocycles. The minimum absolute atomic E-state index is 0.0911. The number of methoxy groups -OCH3 is 1. The van der Waals surface area contributed by atoms with Gasteiger partial charge in [0.05, 0.1) is 24.5 Å². The number of aromatic amines is 1. The maximum atomic E-state index is 16.2. The Morgan fingerprint density at radius 2 is 1.95 bits per heavy atom. The van der Waals surface area contributed by atoms with Gasteiger partial charge in [-0.15, -0.1) is 0 Å². The number of nitrogens with one attached hydrogen (secondary N) is 1. The normalized spacial score (nSPS) is 20.2. The van der Waals surface area contributed by atoms with Gasteiger partial charge in [-0.25, -0.2) is 18.9 Å². The monoisotopic (exact) mass is 505 g/mol. The molecule has 0 aliphatic carbocycles. The lowest BCUT2D eigenvalue weighted by atomic mass is 9.71. The van der Waals surface area contributed by atoms with Gasteiger partial charge in [-0.1, -0.05) is 13.8 Å². The van der Waals surface area contributed by atoms with E-state index in [9.17, 15) is 0 Å². The zero-order valence-electron chi connectivity index (χ0n) is 21.5. The molecule has 3 fully saturated rings. The Morgan fingerprint density at radius 1 is 1.16 bits per heavy atom. The number of fused-ring (bicyclic) bond motifs is 2. The van der Waals surface area contributed by atoms with Crippen molar-refractivity contribution in [2.24, 2.45) is 5.41 Å². The van der Waals surface area contributed by atoms with E-state index in [2.05, 4.69) is 43.7 Å². The van der Waals surface area contributed by atoms with Crippen molar-refractivity contribution < 1.29 is 13.9 Å². The van der Waals surface area contributed by atoms with Crippen molar-refractivity contribution >= 4 is 22.4 Å². The van der Waals surface area contributed by atoms with Crippen molar-refractivity contribution in [2.45, 2.75) is 38.6 Å². The van der Waals surface area contributed by atoms with Gasteiger partial charge in [-0.3, -0.25) is 4.90 Å². The van der Waals surface area contributed by atoms with Crippen LogP contribution in [0.4, 0.5) is 10.2 Å². The standard InChI is InChI=1S/C27H32FN7O2/c1-16(2)21-22-19(32-24(21)17-8-20(36-3)25-30-15-31-35(25)10-17)9-29-26(23(22)28)34-13-27(14-34)11-33(12-27)18-4-6-37-7-5-18/h8-10,15-16,18,32H,4-7,11-14H2,1-3H3. The molecule has 0 amide bonds. The van der Waals surface area contributed by atoms with Gasteiger partial charge in [0.25, 0.3) is 0 Å². The molecule has 1 N–H and O–H groups in total. The summed E-state index contributed by atoms with van der Waals surface area (Å²) < 4.78 is 28.9. The van der Waals surface area contributed by atoms with Gasteiger partial charge in [-0.2, -0.15) is 5.10 Å². The summed E-state index contributed by atoms with van der Waals surface area (Å²) in [4.78, 5) is 17.0. The number of nitrogens with zero attached hydrogens (tertiary/aromatic N) is 6. The second-order valence-corrected chi connectivity index (χ2v) is 11.2. The first-order valence-corrected chi connectivity index (χ1v) is 13.1. The highest BCUT2D eigenvalue weighted by Crippen LogP contribution is 2.46. The van der Waals surface area contributed by atoms with Crippen LogP contribution in [0.5, 0.6) is 5.75 Å². The first kappa shape index (κ1) is 22.9. The zero-order valence-corrected chi connectivity index (χ0v) is 21.5. The number of likely N-dealkylation sites (tertiary alicyclic amines) is 1. The van der Waals surface area contributed by atoms with Crippen LogP contribution in [-0.2, 0) is 4.74 Å². The number of halogens is 1. The van der Waals surface area contributed by atoms with E-state index in [1.54, 1.807) is 17.8 Å². The molecule has 4 aromatic heterocycles. The second-order valence-electron chi connectivity index (χ2n) is 11.2. The Labute approximate surface area is 214 Å². The second kappa shape index (κ2) is 8.39. The fraction of sp³-hybridized carbons (Fsp3) is 0.519. The summed E-state index contributed by atoms with van der Waals surface area (Å²) in [5.74, 6) is 0.921. The molecule has 3 aliphatic rings.